The van der Waals surface area contributed by atoms with Crippen LogP contribution < -0.4 is 5.32 Å². The molecule has 1 N–H and O–H groups in total. The van der Waals surface area contributed by atoms with Crippen LogP contribution in [0.25, 0.3) is 0 Å². The van der Waals surface area contributed by atoms with Gasteiger partial charge in [0.1, 0.15) is 5.76 Å². The molecule has 0 aliphatic rings. The predicted molar refractivity (Wildman–Crippen MR) is 70.9 cm³/mol. The number of amides is 1. The molecule has 1 rings (SSSR count). The fourth-order valence-electron chi connectivity index (χ4n) is 1.72. The number of unbranched alkanes of at least 4 members (excludes halogenated alkanes) is 1. The van der Waals surface area contributed by atoms with Crippen molar-refractivity contribution in [1.82, 2.24) is 5.32 Å². The van der Waals surface area contributed by atoms with E-state index in [0.29, 0.717) is 24.5 Å². The van der Waals surface area contributed by atoms with Crippen LogP contribution in [-0.2, 0) is 4.74 Å². The van der Waals surface area contributed by atoms with Gasteiger partial charge < -0.3 is 14.5 Å². The first kappa shape index (κ1) is 14.8. The van der Waals surface area contributed by atoms with Crippen molar-refractivity contribution < 1.29 is 13.9 Å². The lowest BCUT2D eigenvalue weighted by Gasteiger charge is -2.06. The van der Waals surface area contributed by atoms with E-state index in [1.807, 2.05) is 6.92 Å². The Hall–Kier alpha value is -1.29. The fourth-order valence-corrected chi connectivity index (χ4v) is 1.72. The predicted octanol–water partition coefficient (Wildman–Crippen LogP) is 2.83. The molecular formula is C14H23NO3. The first-order valence-corrected chi connectivity index (χ1v) is 6.57. The molecule has 0 spiro atoms. The van der Waals surface area contributed by atoms with Gasteiger partial charge in [0.15, 0.2) is 0 Å². The molecule has 102 valence electrons. The molecule has 0 aliphatic carbocycles. The molecule has 0 saturated heterocycles. The van der Waals surface area contributed by atoms with Crippen LogP contribution in [0.2, 0.25) is 0 Å². The lowest BCUT2D eigenvalue weighted by atomic mass is 10.1. The van der Waals surface area contributed by atoms with E-state index in [2.05, 4.69) is 12.2 Å². The number of hydrogen-bond acceptors (Lipinski definition) is 3. The molecule has 0 radical (unpaired) electrons. The van der Waals surface area contributed by atoms with E-state index in [4.69, 9.17) is 9.15 Å². The zero-order valence-corrected chi connectivity index (χ0v) is 11.5. The summed E-state index contributed by atoms with van der Waals surface area (Å²) in [5.74, 6) is 0.608. The van der Waals surface area contributed by atoms with E-state index in [9.17, 15) is 4.79 Å². The van der Waals surface area contributed by atoms with Crippen molar-refractivity contribution in [2.24, 2.45) is 0 Å². The van der Waals surface area contributed by atoms with Gasteiger partial charge in [-0.2, -0.15) is 0 Å². The zero-order chi connectivity index (χ0) is 13.4. The van der Waals surface area contributed by atoms with Crippen LogP contribution in [0.1, 0.15) is 47.9 Å². The summed E-state index contributed by atoms with van der Waals surface area (Å²) in [5, 5.41) is 2.88. The molecule has 1 heterocycles. The van der Waals surface area contributed by atoms with Gasteiger partial charge in [0.25, 0.3) is 5.91 Å². The Labute approximate surface area is 109 Å². The van der Waals surface area contributed by atoms with Crippen LogP contribution in [0.15, 0.2) is 10.7 Å². The number of rotatable bonds is 8. The minimum absolute atomic E-state index is 0.0627. The monoisotopic (exact) mass is 253 g/mol. The van der Waals surface area contributed by atoms with Gasteiger partial charge in [0.2, 0.25) is 0 Å². The molecule has 0 unspecified atom stereocenters. The van der Waals surface area contributed by atoms with Crippen molar-refractivity contribution >= 4 is 5.91 Å². The molecule has 0 fully saturated rings. The van der Waals surface area contributed by atoms with E-state index in [-0.39, 0.29) is 5.91 Å². The minimum Gasteiger partial charge on any atom is -0.469 e. The van der Waals surface area contributed by atoms with E-state index >= 15 is 0 Å². The van der Waals surface area contributed by atoms with Gasteiger partial charge in [-0.1, -0.05) is 13.3 Å². The lowest BCUT2D eigenvalue weighted by Crippen LogP contribution is -2.26. The molecule has 0 saturated carbocycles. The van der Waals surface area contributed by atoms with Crippen LogP contribution in [0.5, 0.6) is 0 Å². The summed E-state index contributed by atoms with van der Waals surface area (Å²) in [7, 11) is 0. The third-order valence-corrected chi connectivity index (χ3v) is 2.78. The topological polar surface area (TPSA) is 51.5 Å². The normalized spacial score (nSPS) is 10.6. The highest BCUT2D eigenvalue weighted by Crippen LogP contribution is 2.14. The van der Waals surface area contributed by atoms with Crippen molar-refractivity contribution in [2.75, 3.05) is 19.8 Å². The van der Waals surface area contributed by atoms with Crippen molar-refractivity contribution in [3.05, 3.63) is 23.2 Å². The quantitative estimate of drug-likeness (QED) is 0.725. The van der Waals surface area contributed by atoms with E-state index in [0.717, 1.165) is 31.4 Å². The lowest BCUT2D eigenvalue weighted by molar-refractivity contribution is 0.0938. The highest BCUT2D eigenvalue weighted by Gasteiger charge is 2.14. The molecule has 0 aromatic carbocycles. The molecule has 18 heavy (non-hydrogen) atoms. The third kappa shape index (κ3) is 4.53. The average molecular weight is 253 g/mol. The number of aryl methyl sites for hydroxylation is 2. The van der Waals surface area contributed by atoms with Crippen molar-refractivity contribution in [3.63, 3.8) is 0 Å². The maximum absolute atomic E-state index is 11.9. The summed E-state index contributed by atoms with van der Waals surface area (Å²) in [6, 6.07) is 0. The Kier molecular flexibility index (Phi) is 6.50. The third-order valence-electron chi connectivity index (χ3n) is 2.78. The summed E-state index contributed by atoms with van der Waals surface area (Å²) >= 11 is 0. The Morgan fingerprint density at radius 3 is 2.67 bits per heavy atom. The molecular weight excluding hydrogens is 230 g/mol. The summed E-state index contributed by atoms with van der Waals surface area (Å²) in [5.41, 5.74) is 1.53. The number of carbonyl (C=O) groups is 1. The SMILES string of the molecule is CCCCOCCCNC(=O)c1c(C)coc1C. The van der Waals surface area contributed by atoms with E-state index < -0.39 is 0 Å². The highest BCUT2D eigenvalue weighted by atomic mass is 16.5. The molecule has 4 heteroatoms. The smallest absolute Gasteiger partial charge is 0.255 e. The number of furan rings is 1. The van der Waals surface area contributed by atoms with Crippen LogP contribution in [0.4, 0.5) is 0 Å². The Balaban J connectivity index is 2.18. The molecule has 0 aliphatic heterocycles. The van der Waals surface area contributed by atoms with Gasteiger partial charge in [0.05, 0.1) is 11.8 Å². The number of carbonyl (C=O) groups excluding carboxylic acids is 1. The minimum atomic E-state index is -0.0627. The van der Waals surface area contributed by atoms with Gasteiger partial charge in [-0.25, -0.2) is 0 Å². The van der Waals surface area contributed by atoms with Crippen LogP contribution in [-0.4, -0.2) is 25.7 Å². The Morgan fingerprint density at radius 1 is 1.33 bits per heavy atom. The molecule has 1 aromatic rings. The maximum Gasteiger partial charge on any atom is 0.255 e. The van der Waals surface area contributed by atoms with Crippen molar-refractivity contribution in [2.45, 2.75) is 40.0 Å². The summed E-state index contributed by atoms with van der Waals surface area (Å²) in [4.78, 5) is 11.9. The summed E-state index contributed by atoms with van der Waals surface area (Å²) in [6.45, 7) is 7.96. The van der Waals surface area contributed by atoms with Gasteiger partial charge >= 0.3 is 0 Å². The van der Waals surface area contributed by atoms with Gasteiger partial charge in [-0.05, 0) is 26.7 Å². The average Bonchev–Trinajstić information content (AvgIpc) is 2.68. The maximum atomic E-state index is 11.9. The van der Waals surface area contributed by atoms with Crippen LogP contribution >= 0.6 is 0 Å². The molecule has 1 aromatic heterocycles. The van der Waals surface area contributed by atoms with Crippen LogP contribution in [0, 0.1) is 13.8 Å². The zero-order valence-electron chi connectivity index (χ0n) is 11.5. The van der Waals surface area contributed by atoms with E-state index in [1.54, 1.807) is 13.2 Å². The number of ether oxygens (including phenoxy) is 1. The molecule has 1 amide bonds. The largest absolute Gasteiger partial charge is 0.469 e. The summed E-state index contributed by atoms with van der Waals surface area (Å²) in [6.07, 6.45) is 4.69. The Bertz CT molecular complexity index is 352. The highest BCUT2D eigenvalue weighted by molar-refractivity contribution is 5.96. The molecule has 0 bridgehead atoms. The van der Waals surface area contributed by atoms with E-state index in [1.165, 1.54) is 0 Å². The van der Waals surface area contributed by atoms with Crippen LogP contribution in [0.3, 0.4) is 0 Å². The van der Waals surface area contributed by atoms with Gasteiger partial charge in [0, 0.05) is 25.3 Å². The second-order valence-corrected chi connectivity index (χ2v) is 4.43. The summed E-state index contributed by atoms with van der Waals surface area (Å²) < 4.78 is 10.6. The second-order valence-electron chi connectivity index (χ2n) is 4.43. The van der Waals surface area contributed by atoms with Gasteiger partial charge in [-0.15, -0.1) is 0 Å². The number of nitrogens with one attached hydrogen (secondary N) is 1. The standard InChI is InChI=1S/C14H23NO3/c1-4-5-8-17-9-6-7-15-14(16)13-11(2)10-18-12(13)3/h10H,4-9H2,1-3H3,(H,15,16). The Morgan fingerprint density at radius 2 is 2.06 bits per heavy atom. The first-order chi connectivity index (χ1) is 8.66. The number of hydrogen-bond donors (Lipinski definition) is 1. The van der Waals surface area contributed by atoms with Gasteiger partial charge in [-0.3, -0.25) is 4.79 Å². The molecule has 0 atom stereocenters. The van der Waals surface area contributed by atoms with Crippen molar-refractivity contribution in [1.29, 1.82) is 0 Å². The second kappa shape index (κ2) is 7.93. The van der Waals surface area contributed by atoms with Crippen molar-refractivity contribution in [3.8, 4) is 0 Å². The molecule has 4 nitrogen and oxygen atoms in total. The first-order valence-electron chi connectivity index (χ1n) is 6.57. The fraction of sp³-hybridized carbons (Fsp3) is 0.643.